The molecule has 0 spiro atoms. The van der Waals surface area contributed by atoms with Crippen molar-refractivity contribution in [2.75, 3.05) is 0 Å². The van der Waals surface area contributed by atoms with Crippen molar-refractivity contribution >= 4 is 11.9 Å². The summed E-state index contributed by atoms with van der Waals surface area (Å²) >= 11 is 0. The maximum Gasteiger partial charge on any atom is 1.00 e. The largest absolute Gasteiger partial charge is 1.00 e. The molecule has 1 fully saturated rings. The summed E-state index contributed by atoms with van der Waals surface area (Å²) in [5.74, 6) is -0.0261. The van der Waals surface area contributed by atoms with Crippen molar-refractivity contribution in [2.24, 2.45) is 23.7 Å². The van der Waals surface area contributed by atoms with E-state index in [4.69, 9.17) is 4.74 Å². The van der Waals surface area contributed by atoms with Gasteiger partial charge >= 0.3 is 35.5 Å². The molecular weight excluding hydrogens is 407 g/mol. The number of fused-ring (bicyclic) bond motifs is 1. The minimum absolute atomic E-state index is 0. The molecule has 0 aromatic rings. The van der Waals surface area contributed by atoms with Gasteiger partial charge in [0, 0.05) is 12.4 Å². The topological polar surface area (TPSA) is 107 Å². The molecule has 0 heterocycles. The number of aliphatic carboxylic acids is 1. The normalized spacial score (nSPS) is 26.1. The third kappa shape index (κ3) is 8.32. The van der Waals surface area contributed by atoms with Crippen molar-refractivity contribution in [3.63, 3.8) is 0 Å². The molecule has 2 aliphatic rings. The molecule has 2 aliphatic carbocycles. The predicted molar refractivity (Wildman–Crippen MR) is 112 cm³/mol. The first-order valence-electron chi connectivity index (χ1n) is 11.3. The Morgan fingerprint density at radius 2 is 1.94 bits per heavy atom. The second-order valence-corrected chi connectivity index (χ2v) is 9.30. The average Bonchev–Trinajstić information content (AvgIpc) is 2.65. The van der Waals surface area contributed by atoms with Crippen LogP contribution in [0.2, 0.25) is 0 Å². The van der Waals surface area contributed by atoms with Gasteiger partial charge in [-0.2, -0.15) is 0 Å². The molecule has 7 heteroatoms. The third-order valence-corrected chi connectivity index (χ3v) is 6.71. The molecule has 31 heavy (non-hydrogen) atoms. The third-order valence-electron chi connectivity index (χ3n) is 6.71. The molecule has 0 aromatic carbocycles. The first kappa shape index (κ1) is 28.4. The number of esters is 1. The summed E-state index contributed by atoms with van der Waals surface area (Å²) in [6.07, 6.45) is 4.69. The van der Waals surface area contributed by atoms with Gasteiger partial charge in [0.2, 0.25) is 0 Å². The van der Waals surface area contributed by atoms with Gasteiger partial charge in [-0.05, 0) is 81.3 Å². The molecule has 2 rings (SSSR count). The molecule has 1 saturated carbocycles. The number of carboxylic acid groups (broad SMARTS) is 1. The maximum absolute atomic E-state index is 12.5. The van der Waals surface area contributed by atoms with E-state index in [1.165, 1.54) is 11.1 Å². The van der Waals surface area contributed by atoms with Crippen molar-refractivity contribution < 1.29 is 59.2 Å². The Kier molecular flexibility index (Phi) is 12.0. The van der Waals surface area contributed by atoms with Gasteiger partial charge in [-0.15, -0.1) is 0 Å². The minimum atomic E-state index is -1.32. The van der Waals surface area contributed by atoms with Crippen molar-refractivity contribution in [3.8, 4) is 0 Å². The van der Waals surface area contributed by atoms with Crippen LogP contribution in [0.5, 0.6) is 0 Å². The number of allylic oxidation sites excluding steroid dienone is 3. The fourth-order valence-corrected chi connectivity index (χ4v) is 4.76. The van der Waals surface area contributed by atoms with Crippen LogP contribution in [0.4, 0.5) is 0 Å². The second-order valence-electron chi connectivity index (χ2n) is 9.30. The SMILES string of the molecule is CCC(C)C(=O)OC1=C2C(CCC(C)C2CCC(O)CC(O)CC(=O)[O-])CC(C)=C1.[Na+]. The molecular formula is C24H37NaO6. The first-order valence-corrected chi connectivity index (χ1v) is 11.3. The van der Waals surface area contributed by atoms with Crippen LogP contribution in [0.15, 0.2) is 23.0 Å². The quantitative estimate of drug-likeness (QED) is 0.359. The summed E-state index contributed by atoms with van der Waals surface area (Å²) in [5.41, 5.74) is 2.41. The van der Waals surface area contributed by atoms with E-state index in [1.54, 1.807) is 0 Å². The molecule has 6 nitrogen and oxygen atoms in total. The Morgan fingerprint density at radius 1 is 1.26 bits per heavy atom. The van der Waals surface area contributed by atoms with Crippen molar-refractivity contribution in [1.82, 2.24) is 0 Å². The summed E-state index contributed by atoms with van der Waals surface area (Å²) in [6, 6.07) is 0. The zero-order valence-corrected chi connectivity index (χ0v) is 21.7. The molecule has 6 atom stereocenters. The zero-order valence-electron chi connectivity index (χ0n) is 19.7. The van der Waals surface area contributed by atoms with Crippen LogP contribution in [-0.4, -0.2) is 34.4 Å². The summed E-state index contributed by atoms with van der Waals surface area (Å²) in [5, 5.41) is 30.7. The van der Waals surface area contributed by atoms with Crippen LogP contribution in [0, 0.1) is 23.7 Å². The van der Waals surface area contributed by atoms with Crippen LogP contribution in [-0.2, 0) is 14.3 Å². The second kappa shape index (κ2) is 13.1. The smallest absolute Gasteiger partial charge is 0.550 e. The van der Waals surface area contributed by atoms with E-state index in [1.807, 2.05) is 19.9 Å². The van der Waals surface area contributed by atoms with E-state index in [2.05, 4.69) is 13.8 Å². The molecule has 0 saturated heterocycles. The van der Waals surface area contributed by atoms with E-state index >= 15 is 0 Å². The number of carboxylic acids is 1. The summed E-state index contributed by atoms with van der Waals surface area (Å²) in [6.45, 7) is 8.11. The molecule has 0 radical (unpaired) electrons. The molecule has 6 unspecified atom stereocenters. The number of ether oxygens (including phenoxy) is 1. The van der Waals surface area contributed by atoms with Crippen LogP contribution in [0.25, 0.3) is 0 Å². The summed E-state index contributed by atoms with van der Waals surface area (Å²) in [4.78, 5) is 23.1. The Morgan fingerprint density at radius 3 is 2.55 bits per heavy atom. The van der Waals surface area contributed by atoms with E-state index < -0.39 is 24.6 Å². The van der Waals surface area contributed by atoms with E-state index in [9.17, 15) is 24.9 Å². The van der Waals surface area contributed by atoms with Crippen LogP contribution >= 0.6 is 0 Å². The van der Waals surface area contributed by atoms with Gasteiger partial charge in [0.05, 0.1) is 18.1 Å². The number of aliphatic hydroxyl groups excluding tert-OH is 2. The number of rotatable bonds is 10. The Balaban J connectivity index is 0.00000480. The number of hydrogen-bond donors (Lipinski definition) is 2. The van der Waals surface area contributed by atoms with Gasteiger partial charge in [0.1, 0.15) is 5.76 Å². The molecule has 0 aliphatic heterocycles. The van der Waals surface area contributed by atoms with Gasteiger partial charge in [-0.25, -0.2) is 0 Å². The monoisotopic (exact) mass is 444 g/mol. The summed E-state index contributed by atoms with van der Waals surface area (Å²) in [7, 11) is 0. The number of carbonyl (C=O) groups excluding carboxylic acids is 2. The Labute approximate surface area is 208 Å². The number of carbonyl (C=O) groups is 2. The van der Waals surface area contributed by atoms with Gasteiger partial charge in [-0.3, -0.25) is 4.79 Å². The summed E-state index contributed by atoms with van der Waals surface area (Å²) < 4.78 is 5.87. The minimum Gasteiger partial charge on any atom is -0.550 e. The fraction of sp³-hybridized carbons (Fsp3) is 0.750. The average molecular weight is 445 g/mol. The van der Waals surface area contributed by atoms with Crippen molar-refractivity contribution in [2.45, 2.75) is 91.3 Å². The predicted octanol–water partition coefficient (Wildman–Crippen LogP) is -0.122. The zero-order chi connectivity index (χ0) is 22.4. The van der Waals surface area contributed by atoms with Gasteiger partial charge < -0.3 is 24.9 Å². The van der Waals surface area contributed by atoms with E-state index in [0.29, 0.717) is 30.4 Å². The van der Waals surface area contributed by atoms with Crippen molar-refractivity contribution in [1.29, 1.82) is 0 Å². The standard InChI is InChI=1S/C24H38O6.Na/c1-5-15(3)24(29)30-21-11-14(2)10-17-7-6-16(4)20(23(17)21)9-8-18(25)12-19(26)13-22(27)28;/h11,15-20,25-26H,5-10,12-13H2,1-4H3,(H,27,28);/q;+1/p-1. The van der Waals surface area contributed by atoms with Gasteiger partial charge in [0.15, 0.2) is 0 Å². The van der Waals surface area contributed by atoms with Crippen molar-refractivity contribution in [3.05, 3.63) is 23.0 Å². The van der Waals surface area contributed by atoms with E-state index in [0.717, 1.165) is 25.7 Å². The van der Waals surface area contributed by atoms with E-state index in [-0.39, 0.29) is 53.8 Å². The molecule has 170 valence electrons. The molecule has 0 amide bonds. The van der Waals surface area contributed by atoms with Crippen LogP contribution in [0.3, 0.4) is 0 Å². The molecule has 2 N–H and O–H groups in total. The van der Waals surface area contributed by atoms with Crippen LogP contribution < -0.4 is 34.7 Å². The van der Waals surface area contributed by atoms with Gasteiger partial charge in [0.25, 0.3) is 0 Å². The molecule has 0 bridgehead atoms. The number of hydrogen-bond acceptors (Lipinski definition) is 6. The van der Waals surface area contributed by atoms with Gasteiger partial charge in [-0.1, -0.05) is 26.3 Å². The first-order chi connectivity index (χ1) is 14.1. The number of aliphatic hydroxyl groups is 2. The maximum atomic E-state index is 12.5. The fourth-order valence-electron chi connectivity index (χ4n) is 4.76. The molecule has 0 aromatic heterocycles. The Hall–Kier alpha value is -0.660. The Bertz CT molecular complexity index is 686. The van der Waals surface area contributed by atoms with Crippen LogP contribution in [0.1, 0.15) is 79.1 Å².